The molecule has 6 heteroatoms. The zero-order chi connectivity index (χ0) is 13.8. The van der Waals surface area contributed by atoms with E-state index in [1.165, 1.54) is 7.05 Å². The van der Waals surface area contributed by atoms with Gasteiger partial charge in [-0.3, -0.25) is 9.69 Å². The monoisotopic (exact) mass is 261 g/mol. The fraction of sp³-hybridized carbons (Fsp3) is 0.417. The predicted molar refractivity (Wildman–Crippen MR) is 60.0 cm³/mol. The first-order valence-corrected chi connectivity index (χ1v) is 5.33. The first-order valence-electron chi connectivity index (χ1n) is 5.33. The summed E-state index contributed by atoms with van der Waals surface area (Å²) >= 11 is 0. The summed E-state index contributed by atoms with van der Waals surface area (Å²) in [5, 5.41) is 8.54. The average Bonchev–Trinajstić information content (AvgIpc) is 2.25. The fourth-order valence-electron chi connectivity index (χ4n) is 1.67. The number of benzene rings is 1. The second-order valence-corrected chi connectivity index (χ2v) is 4.06. The van der Waals surface area contributed by atoms with Crippen molar-refractivity contribution in [1.82, 2.24) is 4.90 Å². The van der Waals surface area contributed by atoms with Crippen molar-refractivity contribution < 1.29 is 23.1 Å². The molecule has 0 aliphatic rings. The second-order valence-electron chi connectivity index (χ2n) is 4.06. The van der Waals surface area contributed by atoms with E-state index < -0.39 is 24.6 Å². The van der Waals surface area contributed by atoms with Gasteiger partial charge in [0.2, 0.25) is 0 Å². The smallest absolute Gasteiger partial charge is 0.404 e. The van der Waals surface area contributed by atoms with Crippen molar-refractivity contribution in [3.05, 3.63) is 35.9 Å². The number of nitrogens with zero attached hydrogens (tertiary/aromatic N) is 1. The maximum Gasteiger partial charge on any atom is 0.404 e. The van der Waals surface area contributed by atoms with Crippen LogP contribution in [-0.4, -0.2) is 35.2 Å². The molecule has 0 saturated carbocycles. The lowest BCUT2D eigenvalue weighted by Crippen LogP contribution is -2.44. The minimum Gasteiger partial charge on any atom is -0.481 e. The van der Waals surface area contributed by atoms with E-state index in [0.29, 0.717) is 5.56 Å². The molecule has 0 aliphatic carbocycles. The number of aliphatic carboxylic acids is 1. The van der Waals surface area contributed by atoms with E-state index in [9.17, 15) is 18.0 Å². The molecule has 100 valence electrons. The van der Waals surface area contributed by atoms with Gasteiger partial charge in [-0.25, -0.2) is 0 Å². The van der Waals surface area contributed by atoms with Crippen LogP contribution >= 0.6 is 0 Å². The van der Waals surface area contributed by atoms with Gasteiger partial charge in [-0.05, 0) is 12.6 Å². The zero-order valence-electron chi connectivity index (χ0n) is 9.81. The number of carbonyl (C=O) groups is 1. The average molecular weight is 261 g/mol. The molecule has 1 rings (SSSR count). The molecule has 0 amide bonds. The van der Waals surface area contributed by atoms with Gasteiger partial charge in [0.25, 0.3) is 0 Å². The van der Waals surface area contributed by atoms with Crippen molar-refractivity contribution in [2.45, 2.75) is 25.2 Å². The summed E-state index contributed by atoms with van der Waals surface area (Å²) in [7, 11) is 1.27. The Morgan fingerprint density at radius 3 is 2.33 bits per heavy atom. The van der Waals surface area contributed by atoms with Crippen molar-refractivity contribution in [2.75, 3.05) is 7.05 Å². The van der Waals surface area contributed by atoms with Crippen LogP contribution in [0.1, 0.15) is 12.0 Å². The maximum atomic E-state index is 12.7. The summed E-state index contributed by atoms with van der Waals surface area (Å²) in [6, 6.07) is 6.64. The van der Waals surface area contributed by atoms with Gasteiger partial charge in [0.1, 0.15) is 6.04 Å². The largest absolute Gasteiger partial charge is 0.481 e. The summed E-state index contributed by atoms with van der Waals surface area (Å²) in [6.07, 6.45) is -5.51. The third kappa shape index (κ3) is 4.37. The van der Waals surface area contributed by atoms with E-state index in [1.54, 1.807) is 30.3 Å². The van der Waals surface area contributed by atoms with Crippen LogP contribution in [0.25, 0.3) is 0 Å². The Balaban J connectivity index is 2.77. The lowest BCUT2D eigenvalue weighted by molar-refractivity contribution is -0.188. The molecule has 0 aliphatic heterocycles. The minimum absolute atomic E-state index is 0.0539. The molecule has 3 nitrogen and oxygen atoms in total. The third-order valence-corrected chi connectivity index (χ3v) is 2.55. The van der Waals surface area contributed by atoms with Crippen molar-refractivity contribution in [1.29, 1.82) is 0 Å². The Labute approximate surface area is 103 Å². The summed E-state index contributed by atoms with van der Waals surface area (Å²) in [4.78, 5) is 11.5. The van der Waals surface area contributed by atoms with Crippen LogP contribution in [0.3, 0.4) is 0 Å². The van der Waals surface area contributed by atoms with E-state index in [1.807, 2.05) is 0 Å². The molecule has 1 aromatic rings. The van der Waals surface area contributed by atoms with Crippen LogP contribution in [0.2, 0.25) is 0 Å². The van der Waals surface area contributed by atoms with Crippen LogP contribution in [0, 0.1) is 0 Å². The van der Waals surface area contributed by atoms with Gasteiger partial charge in [0, 0.05) is 6.54 Å². The number of rotatable bonds is 5. The van der Waals surface area contributed by atoms with Gasteiger partial charge < -0.3 is 5.11 Å². The standard InChI is InChI=1S/C12H14F3NO2/c1-16(8-9-5-3-2-4-6-9)10(7-11(17)18)12(13,14)15/h2-6,10H,7-8H2,1H3,(H,17,18). The van der Waals surface area contributed by atoms with E-state index in [2.05, 4.69) is 0 Å². The number of hydrogen-bond acceptors (Lipinski definition) is 2. The molecule has 1 unspecified atom stereocenters. The zero-order valence-corrected chi connectivity index (χ0v) is 9.81. The van der Waals surface area contributed by atoms with Gasteiger partial charge in [-0.15, -0.1) is 0 Å². The van der Waals surface area contributed by atoms with Crippen LogP contribution in [-0.2, 0) is 11.3 Å². The number of hydrogen-bond donors (Lipinski definition) is 1. The second kappa shape index (κ2) is 5.86. The summed E-state index contributed by atoms with van der Waals surface area (Å²) in [6.45, 7) is 0.0539. The third-order valence-electron chi connectivity index (χ3n) is 2.55. The highest BCUT2D eigenvalue weighted by Crippen LogP contribution is 2.27. The maximum absolute atomic E-state index is 12.7. The quantitative estimate of drug-likeness (QED) is 0.885. The Hall–Kier alpha value is -1.56. The lowest BCUT2D eigenvalue weighted by Gasteiger charge is -2.28. The first-order chi connectivity index (χ1) is 8.30. The van der Waals surface area contributed by atoms with Gasteiger partial charge >= 0.3 is 12.1 Å². The minimum atomic E-state index is -4.55. The summed E-state index contributed by atoms with van der Waals surface area (Å²) in [5.41, 5.74) is 0.708. The first kappa shape index (κ1) is 14.5. The molecule has 0 aromatic heterocycles. The molecular weight excluding hydrogens is 247 g/mol. The highest BCUT2D eigenvalue weighted by Gasteiger charge is 2.43. The van der Waals surface area contributed by atoms with Gasteiger partial charge in [-0.2, -0.15) is 13.2 Å². The van der Waals surface area contributed by atoms with E-state index in [0.717, 1.165) is 4.90 Å². The Bertz CT molecular complexity index is 392. The molecule has 0 bridgehead atoms. The van der Waals surface area contributed by atoms with E-state index >= 15 is 0 Å². The summed E-state index contributed by atoms with van der Waals surface area (Å²) < 4.78 is 38.2. The van der Waals surface area contributed by atoms with Crippen molar-refractivity contribution >= 4 is 5.97 Å². The highest BCUT2D eigenvalue weighted by molar-refractivity contribution is 5.67. The van der Waals surface area contributed by atoms with Crippen molar-refractivity contribution in [3.8, 4) is 0 Å². The van der Waals surface area contributed by atoms with Crippen LogP contribution in [0.4, 0.5) is 13.2 Å². The predicted octanol–water partition coefficient (Wildman–Crippen LogP) is 2.52. The molecule has 0 heterocycles. The number of alkyl halides is 3. The topological polar surface area (TPSA) is 40.5 Å². The van der Waals surface area contributed by atoms with Crippen LogP contribution in [0.5, 0.6) is 0 Å². The Kier molecular flexibility index (Phi) is 4.72. The molecule has 1 N–H and O–H groups in total. The van der Waals surface area contributed by atoms with Crippen LogP contribution < -0.4 is 0 Å². The SMILES string of the molecule is CN(Cc1ccccc1)C(CC(=O)O)C(F)(F)F. The molecule has 1 aromatic carbocycles. The van der Waals surface area contributed by atoms with Crippen LogP contribution in [0.15, 0.2) is 30.3 Å². The van der Waals surface area contributed by atoms with Gasteiger partial charge in [0.15, 0.2) is 0 Å². The molecule has 18 heavy (non-hydrogen) atoms. The van der Waals surface area contributed by atoms with Gasteiger partial charge in [0.05, 0.1) is 6.42 Å². The Morgan fingerprint density at radius 1 is 1.33 bits per heavy atom. The fourth-order valence-corrected chi connectivity index (χ4v) is 1.67. The number of carboxylic acids is 1. The van der Waals surface area contributed by atoms with Crippen molar-refractivity contribution in [2.24, 2.45) is 0 Å². The molecule has 1 atom stereocenters. The van der Waals surface area contributed by atoms with Crippen molar-refractivity contribution in [3.63, 3.8) is 0 Å². The molecule has 0 saturated heterocycles. The van der Waals surface area contributed by atoms with E-state index in [-0.39, 0.29) is 6.54 Å². The van der Waals surface area contributed by atoms with E-state index in [4.69, 9.17) is 5.11 Å². The highest BCUT2D eigenvalue weighted by atomic mass is 19.4. The number of halogens is 3. The molecule has 0 radical (unpaired) electrons. The Morgan fingerprint density at radius 2 is 1.89 bits per heavy atom. The number of carboxylic acid groups (broad SMARTS) is 1. The summed E-state index contributed by atoms with van der Waals surface area (Å²) in [5.74, 6) is -1.46. The molecule has 0 spiro atoms. The molecule has 0 fully saturated rings. The lowest BCUT2D eigenvalue weighted by atomic mass is 10.1. The molecular formula is C12H14F3NO2. The normalized spacial score (nSPS) is 13.6. The van der Waals surface area contributed by atoms with Gasteiger partial charge in [-0.1, -0.05) is 30.3 Å².